The zero-order chi connectivity index (χ0) is 7.15. The molecule has 0 spiro atoms. The van der Waals surface area contributed by atoms with E-state index >= 15 is 0 Å². The number of rotatable bonds is 0. The third-order valence-corrected chi connectivity index (χ3v) is 0. The summed E-state index contributed by atoms with van der Waals surface area (Å²) in [6, 6.07) is -1.67. The van der Waals surface area contributed by atoms with Crippen molar-refractivity contribution in [1.29, 1.82) is 0 Å². The molecule has 0 aromatic carbocycles. The number of hydrogen-bond donors (Lipinski definition) is 4. The molecule has 10 heavy (non-hydrogen) atoms. The van der Waals surface area contributed by atoms with Crippen molar-refractivity contribution in [3.05, 3.63) is 0 Å². The summed E-state index contributed by atoms with van der Waals surface area (Å²) < 4.78 is 0. The fourth-order valence-electron chi connectivity index (χ4n) is 0. The maximum absolute atomic E-state index is 9.00. The molecule has 0 fully saturated rings. The van der Waals surface area contributed by atoms with Gasteiger partial charge in [0, 0.05) is 36.5 Å². The van der Waals surface area contributed by atoms with Crippen LogP contribution in [0.15, 0.2) is 0 Å². The summed E-state index contributed by atoms with van der Waals surface area (Å²) in [5.41, 5.74) is 17.0. The van der Waals surface area contributed by atoms with Crippen LogP contribution in [0.25, 0.3) is 0 Å². The molecule has 1 radical (unpaired) electrons. The van der Waals surface area contributed by atoms with Crippen LogP contribution in [0.2, 0.25) is 0 Å². The fraction of sp³-hybridized carbons (Fsp3) is 0. The van der Waals surface area contributed by atoms with Crippen LogP contribution < -0.4 is 22.9 Å². The molecule has 8 N–H and O–H groups in total. The van der Waals surface area contributed by atoms with Crippen LogP contribution in [0.5, 0.6) is 0 Å². The van der Waals surface area contributed by atoms with Gasteiger partial charge in [0.05, 0.1) is 0 Å². The molecule has 0 aromatic rings. The van der Waals surface area contributed by atoms with Gasteiger partial charge in [0.2, 0.25) is 0 Å². The van der Waals surface area contributed by atoms with E-state index in [0.29, 0.717) is 0 Å². The first kappa shape index (κ1) is 22.6. The molecule has 0 aliphatic heterocycles. The second kappa shape index (κ2) is 15.9. The van der Waals surface area contributed by atoms with Crippen molar-refractivity contribution in [1.82, 2.24) is 0 Å². The van der Waals surface area contributed by atoms with E-state index in [1.54, 1.807) is 0 Å². The van der Waals surface area contributed by atoms with Crippen molar-refractivity contribution in [3.8, 4) is 0 Å². The minimum atomic E-state index is -0.833. The monoisotopic (exact) mass is 239 g/mol. The van der Waals surface area contributed by atoms with Gasteiger partial charge in [0.1, 0.15) is 0 Å². The molecule has 0 unspecified atom stereocenters. The van der Waals surface area contributed by atoms with Gasteiger partial charge in [-0.3, -0.25) is 0 Å². The van der Waals surface area contributed by atoms with Crippen molar-refractivity contribution in [2.75, 3.05) is 0 Å². The van der Waals surface area contributed by atoms with Crippen LogP contribution in [0.3, 0.4) is 0 Å². The number of carbonyl (C=O) groups is 2. The number of hydrogen-bond acceptors (Lipinski definition) is 2. The number of carbonyl (C=O) groups excluding carboxylic acids is 2. The zero-order valence-corrected chi connectivity index (χ0v) is 9.36. The molecule has 0 atom stereocenters. The van der Waals surface area contributed by atoms with Gasteiger partial charge in [-0.25, -0.2) is 9.59 Å². The summed E-state index contributed by atoms with van der Waals surface area (Å²) in [7, 11) is 0. The molecule has 0 aliphatic rings. The van der Waals surface area contributed by atoms with Crippen molar-refractivity contribution < 1.29 is 46.1 Å². The Morgan fingerprint density at radius 2 is 0.800 bits per heavy atom. The van der Waals surface area contributed by atoms with Gasteiger partial charge in [0.25, 0.3) is 0 Å². The Morgan fingerprint density at radius 3 is 0.800 bits per heavy atom. The van der Waals surface area contributed by atoms with E-state index in [4.69, 9.17) is 9.59 Å². The topological polar surface area (TPSA) is 138 Å². The van der Waals surface area contributed by atoms with Gasteiger partial charge in [-0.2, -0.15) is 0 Å². The van der Waals surface area contributed by atoms with E-state index in [1.165, 1.54) is 0 Å². The molecule has 4 amide bonds. The van der Waals surface area contributed by atoms with Gasteiger partial charge in [-0.1, -0.05) is 0 Å². The molecule has 0 saturated carbocycles. The van der Waals surface area contributed by atoms with E-state index in [-0.39, 0.29) is 36.5 Å². The minimum absolute atomic E-state index is 0. The second-order valence-corrected chi connectivity index (χ2v) is 0.805. The summed E-state index contributed by atoms with van der Waals surface area (Å²) in [4.78, 5) is 18.0. The van der Waals surface area contributed by atoms with Crippen molar-refractivity contribution in [3.63, 3.8) is 0 Å². The van der Waals surface area contributed by atoms with E-state index in [1.807, 2.05) is 0 Å². The molecule has 0 rings (SSSR count). The third kappa shape index (κ3) is 3410. The van der Waals surface area contributed by atoms with Crippen LogP contribution in [0, 0.1) is 0 Å². The Labute approximate surface area is 81.3 Å². The molecule has 57 valence electrons. The summed E-state index contributed by atoms with van der Waals surface area (Å²) >= 11 is 0. The Balaban J connectivity index is -0.0000000300. The Kier molecular flexibility index (Phi) is 35.9. The van der Waals surface area contributed by atoms with E-state index in [2.05, 4.69) is 22.9 Å². The van der Waals surface area contributed by atoms with Gasteiger partial charge in [-0.05, 0) is 0 Å². The maximum Gasteiger partial charge on any atom is 0.309 e. The molecule has 6 nitrogen and oxygen atoms in total. The predicted molar refractivity (Wildman–Crippen MR) is 27.5 cm³/mol. The predicted octanol–water partition coefficient (Wildman–Crippen LogP) is -1.96. The van der Waals surface area contributed by atoms with Crippen LogP contribution in [0.4, 0.5) is 9.59 Å². The minimum Gasteiger partial charge on any atom is -0.352 e. The smallest absolute Gasteiger partial charge is 0.309 e. The van der Waals surface area contributed by atoms with Gasteiger partial charge in [-0.15, -0.1) is 0 Å². The van der Waals surface area contributed by atoms with Crippen molar-refractivity contribution in [2.45, 2.75) is 0 Å². The first-order chi connectivity index (χ1) is 3.46. The van der Waals surface area contributed by atoms with Gasteiger partial charge < -0.3 is 22.9 Å². The Morgan fingerprint density at radius 1 is 0.800 bits per heavy atom. The van der Waals surface area contributed by atoms with Gasteiger partial charge >= 0.3 is 12.1 Å². The molecule has 0 saturated heterocycles. The Bertz CT molecular complexity index is 79.3. The van der Waals surface area contributed by atoms with Crippen LogP contribution >= 0.6 is 0 Å². The van der Waals surface area contributed by atoms with E-state index in [9.17, 15) is 0 Å². The van der Waals surface area contributed by atoms with Crippen molar-refractivity contribution in [2.24, 2.45) is 22.9 Å². The first-order valence-corrected chi connectivity index (χ1v) is 1.56. The fourth-order valence-corrected chi connectivity index (χ4v) is 0. The maximum atomic E-state index is 9.00. The quantitative estimate of drug-likeness (QED) is 0.365. The summed E-state index contributed by atoms with van der Waals surface area (Å²) in [5, 5.41) is 0. The first-order valence-electron chi connectivity index (χ1n) is 1.56. The average Bonchev–Trinajstić information content (AvgIpc) is 1.25. The normalized spacial score (nSPS) is 4.80. The zero-order valence-electron chi connectivity index (χ0n) is 5.21. The molecule has 0 bridgehead atoms. The molecular weight excluding hydrogens is 232 g/mol. The van der Waals surface area contributed by atoms with Crippen LogP contribution in [-0.2, 0) is 36.5 Å². The molecular formula is C2H8MnN4O2Zn. The number of nitrogens with two attached hydrogens (primary N) is 4. The van der Waals surface area contributed by atoms with Crippen molar-refractivity contribution >= 4 is 12.1 Å². The molecule has 8 heteroatoms. The SMILES string of the molecule is NC(N)=O.NC(N)=O.[Mn].[Zn]. The number of amides is 4. The Hall–Kier alpha value is -0.317. The van der Waals surface area contributed by atoms with Gasteiger partial charge in [0.15, 0.2) is 0 Å². The summed E-state index contributed by atoms with van der Waals surface area (Å²) in [5.74, 6) is 0. The average molecular weight is 240 g/mol. The molecule has 0 aliphatic carbocycles. The molecule has 0 aromatic heterocycles. The van der Waals surface area contributed by atoms with E-state index < -0.39 is 12.1 Å². The summed E-state index contributed by atoms with van der Waals surface area (Å²) in [6.07, 6.45) is 0. The number of urea groups is 2. The molecule has 0 heterocycles. The van der Waals surface area contributed by atoms with Crippen LogP contribution in [-0.4, -0.2) is 12.1 Å². The van der Waals surface area contributed by atoms with E-state index in [0.717, 1.165) is 0 Å². The van der Waals surface area contributed by atoms with Crippen LogP contribution in [0.1, 0.15) is 0 Å². The third-order valence-electron chi connectivity index (χ3n) is 0. The number of primary amides is 4. The largest absolute Gasteiger partial charge is 0.352 e. The standard InChI is InChI=1S/2CH4N2O.Mn.Zn/c2*2-1(3)4;;/h2*(H4,2,3,4);;. The summed E-state index contributed by atoms with van der Waals surface area (Å²) in [6.45, 7) is 0. The second-order valence-electron chi connectivity index (χ2n) is 0.805.